The van der Waals surface area contributed by atoms with Gasteiger partial charge in [-0.3, -0.25) is 4.79 Å². The van der Waals surface area contributed by atoms with Crippen molar-refractivity contribution in [2.75, 3.05) is 0 Å². The van der Waals surface area contributed by atoms with Gasteiger partial charge in [-0.05, 0) is 13.3 Å². The standard InChI is InChI=1S/C7H14NO/c1-4-5-6(2)8-7(3)9/h6H,3-5H2,1-2H3,(H,8,9). The van der Waals surface area contributed by atoms with Crippen LogP contribution in [-0.4, -0.2) is 11.9 Å². The summed E-state index contributed by atoms with van der Waals surface area (Å²) in [5, 5.41) is 2.69. The molecule has 0 fully saturated rings. The third-order valence-electron chi connectivity index (χ3n) is 1.13. The first kappa shape index (κ1) is 8.47. The van der Waals surface area contributed by atoms with Crippen molar-refractivity contribution in [2.45, 2.75) is 32.7 Å². The van der Waals surface area contributed by atoms with Gasteiger partial charge < -0.3 is 5.32 Å². The zero-order valence-electron chi connectivity index (χ0n) is 6.11. The first-order valence-corrected chi connectivity index (χ1v) is 3.29. The van der Waals surface area contributed by atoms with Crippen molar-refractivity contribution in [3.05, 3.63) is 6.92 Å². The highest BCUT2D eigenvalue weighted by atomic mass is 16.1. The van der Waals surface area contributed by atoms with Gasteiger partial charge >= 0.3 is 0 Å². The lowest BCUT2D eigenvalue weighted by Crippen LogP contribution is -2.30. The monoisotopic (exact) mass is 128 g/mol. The third-order valence-corrected chi connectivity index (χ3v) is 1.13. The Bertz CT molecular complexity index is 90.9. The van der Waals surface area contributed by atoms with Crippen LogP contribution in [0.5, 0.6) is 0 Å². The topological polar surface area (TPSA) is 29.1 Å². The van der Waals surface area contributed by atoms with E-state index in [9.17, 15) is 4.79 Å². The maximum Gasteiger partial charge on any atom is 0.220 e. The van der Waals surface area contributed by atoms with E-state index in [-0.39, 0.29) is 11.9 Å². The van der Waals surface area contributed by atoms with Crippen LogP contribution in [-0.2, 0) is 4.79 Å². The van der Waals surface area contributed by atoms with Gasteiger partial charge in [-0.2, -0.15) is 0 Å². The molecule has 53 valence electrons. The molecular formula is C7H14NO. The molecule has 1 amide bonds. The van der Waals surface area contributed by atoms with Gasteiger partial charge in [0, 0.05) is 13.0 Å². The van der Waals surface area contributed by atoms with Crippen LogP contribution < -0.4 is 5.32 Å². The lowest BCUT2D eigenvalue weighted by molar-refractivity contribution is -0.117. The van der Waals surface area contributed by atoms with E-state index in [1.54, 1.807) is 0 Å². The molecule has 0 aliphatic heterocycles. The molecule has 0 aliphatic carbocycles. The molecule has 0 saturated heterocycles. The van der Waals surface area contributed by atoms with E-state index in [2.05, 4.69) is 19.2 Å². The smallest absolute Gasteiger partial charge is 0.220 e. The molecule has 1 atom stereocenters. The van der Waals surface area contributed by atoms with Crippen LogP contribution in [0.4, 0.5) is 0 Å². The lowest BCUT2D eigenvalue weighted by atomic mass is 10.2. The van der Waals surface area contributed by atoms with E-state index in [0.29, 0.717) is 0 Å². The Balaban J connectivity index is 3.26. The Morgan fingerprint density at radius 1 is 1.78 bits per heavy atom. The summed E-state index contributed by atoms with van der Waals surface area (Å²) >= 11 is 0. The lowest BCUT2D eigenvalue weighted by Gasteiger charge is -2.09. The Morgan fingerprint density at radius 2 is 2.33 bits per heavy atom. The van der Waals surface area contributed by atoms with Crippen LogP contribution in [0.15, 0.2) is 0 Å². The molecule has 1 N–H and O–H groups in total. The van der Waals surface area contributed by atoms with Crippen molar-refractivity contribution >= 4 is 5.91 Å². The van der Waals surface area contributed by atoms with Crippen molar-refractivity contribution in [1.82, 2.24) is 5.32 Å². The van der Waals surface area contributed by atoms with Crippen LogP contribution in [0, 0.1) is 6.92 Å². The minimum atomic E-state index is -0.184. The third kappa shape index (κ3) is 5.34. The van der Waals surface area contributed by atoms with Crippen molar-refractivity contribution in [3.63, 3.8) is 0 Å². The fraction of sp³-hybridized carbons (Fsp3) is 0.714. The second-order valence-electron chi connectivity index (χ2n) is 2.26. The number of nitrogens with one attached hydrogen (secondary N) is 1. The Kier molecular flexibility index (Phi) is 4.10. The number of carbonyl (C=O) groups excluding carboxylic acids is 1. The highest BCUT2D eigenvalue weighted by Gasteiger charge is 1.99. The SMILES string of the molecule is [CH2]C(=O)NC(C)CCC. The molecule has 1 radical (unpaired) electrons. The molecule has 0 spiro atoms. The van der Waals surface area contributed by atoms with E-state index in [0.717, 1.165) is 12.8 Å². The minimum absolute atomic E-state index is 0.184. The van der Waals surface area contributed by atoms with Gasteiger partial charge in [0.15, 0.2) is 0 Å². The quantitative estimate of drug-likeness (QED) is 0.606. The van der Waals surface area contributed by atoms with Crippen LogP contribution in [0.2, 0.25) is 0 Å². The van der Waals surface area contributed by atoms with Gasteiger partial charge in [-0.25, -0.2) is 0 Å². The molecule has 2 nitrogen and oxygen atoms in total. The van der Waals surface area contributed by atoms with Gasteiger partial charge in [-0.15, -0.1) is 0 Å². The van der Waals surface area contributed by atoms with Gasteiger partial charge in [0.1, 0.15) is 0 Å². The van der Waals surface area contributed by atoms with Crippen LogP contribution in [0.3, 0.4) is 0 Å². The summed E-state index contributed by atoms with van der Waals surface area (Å²) in [5.74, 6) is -0.184. The number of rotatable bonds is 3. The van der Waals surface area contributed by atoms with Crippen molar-refractivity contribution in [2.24, 2.45) is 0 Å². The van der Waals surface area contributed by atoms with Crippen LogP contribution in [0.1, 0.15) is 26.7 Å². The summed E-state index contributed by atoms with van der Waals surface area (Å²) in [4.78, 5) is 10.3. The maximum absolute atomic E-state index is 10.3. The molecular weight excluding hydrogens is 114 g/mol. The maximum atomic E-state index is 10.3. The highest BCUT2D eigenvalue weighted by molar-refractivity contribution is 5.80. The second kappa shape index (κ2) is 4.36. The summed E-state index contributed by atoms with van der Waals surface area (Å²) < 4.78 is 0. The average molecular weight is 128 g/mol. The zero-order chi connectivity index (χ0) is 7.28. The number of carbonyl (C=O) groups is 1. The first-order valence-electron chi connectivity index (χ1n) is 3.29. The first-order chi connectivity index (χ1) is 4.16. The predicted molar refractivity (Wildman–Crippen MR) is 37.9 cm³/mol. The molecule has 9 heavy (non-hydrogen) atoms. The number of hydrogen-bond donors (Lipinski definition) is 1. The minimum Gasteiger partial charge on any atom is -0.354 e. The van der Waals surface area contributed by atoms with E-state index >= 15 is 0 Å². The van der Waals surface area contributed by atoms with Gasteiger partial charge in [0.2, 0.25) is 5.91 Å². The number of amides is 1. The molecule has 0 aliphatic rings. The van der Waals surface area contributed by atoms with Crippen LogP contribution >= 0.6 is 0 Å². The normalized spacial score (nSPS) is 12.8. The Labute approximate surface area is 56.6 Å². The predicted octanol–water partition coefficient (Wildman–Crippen LogP) is 1.13. The van der Waals surface area contributed by atoms with Crippen LogP contribution in [0.25, 0.3) is 0 Å². The largest absolute Gasteiger partial charge is 0.354 e. The van der Waals surface area contributed by atoms with Gasteiger partial charge in [-0.1, -0.05) is 13.3 Å². The van der Waals surface area contributed by atoms with Crippen molar-refractivity contribution in [1.29, 1.82) is 0 Å². The Hall–Kier alpha value is -0.530. The van der Waals surface area contributed by atoms with Crippen molar-refractivity contribution in [3.8, 4) is 0 Å². The molecule has 0 saturated carbocycles. The summed E-state index contributed by atoms with van der Waals surface area (Å²) in [6, 6.07) is 0.278. The van der Waals surface area contributed by atoms with E-state index in [1.807, 2.05) is 6.92 Å². The Morgan fingerprint density at radius 3 is 2.67 bits per heavy atom. The summed E-state index contributed by atoms with van der Waals surface area (Å²) in [6.45, 7) is 7.28. The average Bonchev–Trinajstić information content (AvgIpc) is 1.63. The summed E-state index contributed by atoms with van der Waals surface area (Å²) in [7, 11) is 0. The molecule has 0 aromatic carbocycles. The van der Waals surface area contributed by atoms with Crippen molar-refractivity contribution < 1.29 is 4.79 Å². The van der Waals surface area contributed by atoms with Gasteiger partial charge in [0.25, 0.3) is 0 Å². The molecule has 2 heteroatoms. The fourth-order valence-corrected chi connectivity index (χ4v) is 0.780. The summed E-state index contributed by atoms with van der Waals surface area (Å²) in [5.41, 5.74) is 0. The highest BCUT2D eigenvalue weighted by Crippen LogP contribution is 1.93. The van der Waals surface area contributed by atoms with E-state index in [1.165, 1.54) is 0 Å². The van der Waals surface area contributed by atoms with Gasteiger partial charge in [0.05, 0.1) is 0 Å². The summed E-state index contributed by atoms with van der Waals surface area (Å²) in [6.07, 6.45) is 2.13. The van der Waals surface area contributed by atoms with E-state index < -0.39 is 0 Å². The molecule has 0 aromatic heterocycles. The molecule has 0 aromatic rings. The molecule has 1 unspecified atom stereocenters. The second-order valence-corrected chi connectivity index (χ2v) is 2.26. The molecule has 0 bridgehead atoms. The zero-order valence-corrected chi connectivity index (χ0v) is 6.11. The van der Waals surface area contributed by atoms with E-state index in [4.69, 9.17) is 0 Å². The number of hydrogen-bond acceptors (Lipinski definition) is 1. The molecule has 0 heterocycles. The fourth-order valence-electron chi connectivity index (χ4n) is 0.780. The molecule has 0 rings (SSSR count).